The molecule has 1 aliphatic heterocycles. The number of likely N-dealkylation sites (tertiary alicyclic amines) is 1. The predicted molar refractivity (Wildman–Crippen MR) is 83.3 cm³/mol. The fourth-order valence-electron chi connectivity index (χ4n) is 3.00. The molecule has 0 bridgehead atoms. The first-order valence-corrected chi connectivity index (χ1v) is 7.49. The van der Waals surface area contributed by atoms with Crippen LogP contribution in [-0.4, -0.2) is 37.9 Å². The minimum absolute atomic E-state index is 0.136. The molecule has 1 aliphatic rings. The number of carbonyl (C=O) groups excluding carboxylic acids is 2. The third kappa shape index (κ3) is 2.63. The summed E-state index contributed by atoms with van der Waals surface area (Å²) in [6, 6.07) is 1.68. The highest BCUT2D eigenvalue weighted by molar-refractivity contribution is 5.98. The van der Waals surface area contributed by atoms with Gasteiger partial charge in [-0.2, -0.15) is 5.10 Å². The van der Waals surface area contributed by atoms with E-state index in [0.29, 0.717) is 12.2 Å². The summed E-state index contributed by atoms with van der Waals surface area (Å²) in [6.07, 6.45) is 5.81. The Balaban J connectivity index is 2.08. The van der Waals surface area contributed by atoms with Crippen LogP contribution in [0.2, 0.25) is 0 Å². The molecule has 7 heteroatoms. The standard InChI is InChI=1S/C16H17N5O2/c1-2-5-14(22)20-9-4-3-6-12(20)13-7-8-18-16-11(15(17)23)10-19-21(13)16/h7-8,10,12H,3-4,6,9H2,1H3,(H2,17,23). The van der Waals surface area contributed by atoms with E-state index in [-0.39, 0.29) is 17.5 Å². The van der Waals surface area contributed by atoms with Gasteiger partial charge >= 0.3 is 0 Å². The minimum Gasteiger partial charge on any atom is -0.365 e. The van der Waals surface area contributed by atoms with Crippen molar-refractivity contribution >= 4 is 17.5 Å². The highest BCUT2D eigenvalue weighted by Crippen LogP contribution is 2.31. The van der Waals surface area contributed by atoms with Crippen molar-refractivity contribution in [1.82, 2.24) is 19.5 Å². The van der Waals surface area contributed by atoms with Gasteiger partial charge in [-0.1, -0.05) is 5.92 Å². The molecular weight excluding hydrogens is 294 g/mol. The molecule has 0 aliphatic carbocycles. The van der Waals surface area contributed by atoms with Crippen molar-refractivity contribution in [2.75, 3.05) is 6.54 Å². The van der Waals surface area contributed by atoms with Crippen molar-refractivity contribution < 1.29 is 9.59 Å². The summed E-state index contributed by atoms with van der Waals surface area (Å²) in [6.45, 7) is 2.31. The molecule has 3 heterocycles. The predicted octanol–water partition coefficient (Wildman–Crippen LogP) is 0.905. The molecule has 7 nitrogen and oxygen atoms in total. The van der Waals surface area contributed by atoms with Crippen molar-refractivity contribution in [2.24, 2.45) is 5.73 Å². The summed E-state index contributed by atoms with van der Waals surface area (Å²) in [7, 11) is 0. The smallest absolute Gasteiger partial charge is 0.299 e. The highest BCUT2D eigenvalue weighted by atomic mass is 16.2. The van der Waals surface area contributed by atoms with Gasteiger partial charge < -0.3 is 10.6 Å². The summed E-state index contributed by atoms with van der Waals surface area (Å²) in [4.78, 5) is 29.7. The van der Waals surface area contributed by atoms with Gasteiger partial charge in [0.25, 0.3) is 11.8 Å². The molecule has 3 rings (SSSR count). The average Bonchev–Trinajstić information content (AvgIpc) is 2.99. The zero-order valence-electron chi connectivity index (χ0n) is 12.8. The van der Waals surface area contributed by atoms with Crippen LogP contribution in [0.3, 0.4) is 0 Å². The molecule has 1 unspecified atom stereocenters. The van der Waals surface area contributed by atoms with Crippen LogP contribution < -0.4 is 5.73 Å². The van der Waals surface area contributed by atoms with Gasteiger partial charge in [-0.15, -0.1) is 0 Å². The summed E-state index contributed by atoms with van der Waals surface area (Å²) in [5.41, 5.74) is 6.85. The molecule has 23 heavy (non-hydrogen) atoms. The maximum absolute atomic E-state index is 12.3. The van der Waals surface area contributed by atoms with Gasteiger partial charge in [-0.05, 0) is 38.2 Å². The summed E-state index contributed by atoms with van der Waals surface area (Å²) >= 11 is 0. The van der Waals surface area contributed by atoms with Crippen LogP contribution in [0.5, 0.6) is 0 Å². The first-order chi connectivity index (χ1) is 11.1. The van der Waals surface area contributed by atoms with Crippen LogP contribution in [0.25, 0.3) is 5.65 Å². The largest absolute Gasteiger partial charge is 0.365 e. The Bertz CT molecular complexity index is 830. The molecule has 2 amide bonds. The Morgan fingerprint density at radius 2 is 2.22 bits per heavy atom. The van der Waals surface area contributed by atoms with Gasteiger partial charge in [0.2, 0.25) is 0 Å². The Labute approximate surface area is 133 Å². The van der Waals surface area contributed by atoms with Crippen molar-refractivity contribution in [2.45, 2.75) is 32.2 Å². The maximum Gasteiger partial charge on any atom is 0.299 e. The normalized spacial score (nSPS) is 17.6. The second kappa shape index (κ2) is 6.08. The molecule has 1 fully saturated rings. The molecule has 118 valence electrons. The second-order valence-corrected chi connectivity index (χ2v) is 5.41. The number of hydrogen-bond donors (Lipinski definition) is 1. The third-order valence-electron chi connectivity index (χ3n) is 4.03. The third-order valence-corrected chi connectivity index (χ3v) is 4.03. The van der Waals surface area contributed by atoms with Gasteiger partial charge in [-0.25, -0.2) is 9.50 Å². The van der Waals surface area contributed by atoms with Gasteiger partial charge in [0.1, 0.15) is 5.56 Å². The summed E-state index contributed by atoms with van der Waals surface area (Å²) in [5, 5.41) is 4.23. The molecule has 2 N–H and O–H groups in total. The lowest BCUT2D eigenvalue weighted by Gasteiger charge is -2.34. The molecule has 0 saturated carbocycles. The number of rotatable bonds is 2. The number of nitrogens with zero attached hydrogens (tertiary/aromatic N) is 4. The Morgan fingerprint density at radius 3 is 2.96 bits per heavy atom. The molecule has 2 aromatic heterocycles. The Hall–Kier alpha value is -2.88. The monoisotopic (exact) mass is 311 g/mol. The SMILES string of the molecule is CC#CC(=O)N1CCCCC1c1ccnc2c(C(N)=O)cnn12. The van der Waals surface area contributed by atoms with E-state index in [0.717, 1.165) is 25.0 Å². The molecule has 2 aromatic rings. The van der Waals surface area contributed by atoms with E-state index in [1.807, 2.05) is 6.07 Å². The van der Waals surface area contributed by atoms with E-state index in [2.05, 4.69) is 21.9 Å². The van der Waals surface area contributed by atoms with E-state index >= 15 is 0 Å². The number of hydrogen-bond acceptors (Lipinski definition) is 4. The number of primary amides is 1. The lowest BCUT2D eigenvalue weighted by atomic mass is 9.99. The van der Waals surface area contributed by atoms with E-state index in [4.69, 9.17) is 5.73 Å². The molecule has 0 spiro atoms. The molecular formula is C16H17N5O2. The van der Waals surface area contributed by atoms with Crippen molar-refractivity contribution in [3.63, 3.8) is 0 Å². The molecule has 0 radical (unpaired) electrons. The first kappa shape index (κ1) is 15.0. The van der Waals surface area contributed by atoms with Gasteiger partial charge in [-0.3, -0.25) is 9.59 Å². The van der Waals surface area contributed by atoms with Crippen LogP contribution >= 0.6 is 0 Å². The highest BCUT2D eigenvalue weighted by Gasteiger charge is 2.29. The maximum atomic E-state index is 12.3. The van der Waals surface area contributed by atoms with E-state index in [1.54, 1.807) is 22.5 Å². The summed E-state index contributed by atoms with van der Waals surface area (Å²) in [5.74, 6) is 4.50. The Kier molecular flexibility index (Phi) is 3.98. The number of aromatic nitrogens is 3. The topological polar surface area (TPSA) is 93.6 Å². The number of amides is 2. The van der Waals surface area contributed by atoms with Gasteiger partial charge in [0.15, 0.2) is 5.65 Å². The molecule has 0 aromatic carbocycles. The summed E-state index contributed by atoms with van der Waals surface area (Å²) < 4.78 is 1.59. The van der Waals surface area contributed by atoms with E-state index in [9.17, 15) is 9.59 Å². The number of nitrogens with two attached hydrogens (primary N) is 1. The first-order valence-electron chi connectivity index (χ1n) is 7.49. The number of piperidine rings is 1. The number of fused-ring (bicyclic) bond motifs is 1. The van der Waals surface area contributed by atoms with E-state index < -0.39 is 5.91 Å². The lowest BCUT2D eigenvalue weighted by Crippen LogP contribution is -2.38. The fraction of sp³-hybridized carbons (Fsp3) is 0.375. The van der Waals surface area contributed by atoms with Crippen molar-refractivity contribution in [3.8, 4) is 11.8 Å². The zero-order chi connectivity index (χ0) is 16.4. The quantitative estimate of drug-likeness (QED) is 0.834. The molecule has 1 saturated heterocycles. The minimum atomic E-state index is -0.571. The van der Waals surface area contributed by atoms with Crippen LogP contribution in [0.4, 0.5) is 0 Å². The fourth-order valence-corrected chi connectivity index (χ4v) is 3.00. The van der Waals surface area contributed by atoms with Crippen molar-refractivity contribution in [3.05, 3.63) is 29.7 Å². The van der Waals surface area contributed by atoms with Crippen LogP contribution in [-0.2, 0) is 4.79 Å². The Morgan fingerprint density at radius 1 is 1.39 bits per heavy atom. The number of carbonyl (C=O) groups is 2. The molecule has 1 atom stereocenters. The van der Waals surface area contributed by atoms with Gasteiger partial charge in [0.05, 0.1) is 17.9 Å². The van der Waals surface area contributed by atoms with E-state index in [1.165, 1.54) is 6.20 Å². The average molecular weight is 311 g/mol. The van der Waals surface area contributed by atoms with Gasteiger partial charge in [0, 0.05) is 12.7 Å². The van der Waals surface area contributed by atoms with Crippen LogP contribution in [0.1, 0.15) is 48.3 Å². The van der Waals surface area contributed by atoms with Crippen molar-refractivity contribution in [1.29, 1.82) is 0 Å². The zero-order valence-corrected chi connectivity index (χ0v) is 12.8. The lowest BCUT2D eigenvalue weighted by molar-refractivity contribution is -0.128. The van der Waals surface area contributed by atoms with Crippen LogP contribution in [0.15, 0.2) is 18.5 Å². The second-order valence-electron chi connectivity index (χ2n) is 5.41. The van der Waals surface area contributed by atoms with Crippen LogP contribution in [0, 0.1) is 11.8 Å².